The van der Waals surface area contributed by atoms with Crippen LogP contribution in [-0.2, 0) is 0 Å². The number of hydrogen-bond acceptors (Lipinski definition) is 4. The van der Waals surface area contributed by atoms with Crippen LogP contribution in [0, 0.1) is 5.41 Å². The van der Waals surface area contributed by atoms with E-state index in [2.05, 4.69) is 31.1 Å². The van der Waals surface area contributed by atoms with Crippen molar-refractivity contribution >= 4 is 11.4 Å². The topological polar surface area (TPSA) is 50.5 Å². The van der Waals surface area contributed by atoms with Crippen molar-refractivity contribution in [2.24, 2.45) is 5.41 Å². The Hall–Kier alpha value is -1.42. The molecule has 0 aromatic heterocycles. The summed E-state index contributed by atoms with van der Waals surface area (Å²) in [5, 5.41) is 3.56. The Kier molecular flexibility index (Phi) is 5.34. The van der Waals surface area contributed by atoms with Gasteiger partial charge in [0, 0.05) is 18.3 Å². The minimum atomic E-state index is 0.373. The third-order valence-electron chi connectivity index (χ3n) is 4.39. The van der Waals surface area contributed by atoms with Gasteiger partial charge < -0.3 is 20.7 Å². The van der Waals surface area contributed by atoms with E-state index in [0.717, 1.165) is 24.4 Å². The maximum Gasteiger partial charge on any atom is 0.144 e. The number of likely N-dealkylation sites (tertiary alicyclic amines) is 1. The molecule has 3 N–H and O–H groups in total. The Balaban J connectivity index is 1.93. The van der Waals surface area contributed by atoms with E-state index in [1.807, 2.05) is 18.2 Å². The number of ether oxygens (including phenoxy) is 1. The molecule has 1 aliphatic heterocycles. The quantitative estimate of drug-likeness (QED) is 0.790. The van der Waals surface area contributed by atoms with E-state index in [1.54, 1.807) is 0 Å². The second kappa shape index (κ2) is 7.03. The molecule has 0 bridgehead atoms. The van der Waals surface area contributed by atoms with Crippen molar-refractivity contribution in [3.8, 4) is 5.75 Å². The molecule has 1 heterocycles. The zero-order valence-corrected chi connectivity index (χ0v) is 13.6. The first-order valence-corrected chi connectivity index (χ1v) is 7.97. The summed E-state index contributed by atoms with van der Waals surface area (Å²) < 4.78 is 5.69. The Morgan fingerprint density at radius 1 is 1.33 bits per heavy atom. The zero-order chi connectivity index (χ0) is 15.3. The lowest BCUT2D eigenvalue weighted by Crippen LogP contribution is -2.40. The molecule has 0 aliphatic carbocycles. The van der Waals surface area contributed by atoms with E-state index in [1.165, 1.54) is 25.9 Å². The average Bonchev–Trinajstić information content (AvgIpc) is 2.48. The number of nitrogens with one attached hydrogen (secondary N) is 1. The molecule has 1 aromatic carbocycles. The monoisotopic (exact) mass is 291 g/mol. The van der Waals surface area contributed by atoms with Crippen LogP contribution in [0.25, 0.3) is 0 Å². The summed E-state index contributed by atoms with van der Waals surface area (Å²) in [4.78, 5) is 2.40. The Labute approximate surface area is 128 Å². The number of rotatable bonds is 6. The molecule has 4 heteroatoms. The minimum Gasteiger partial charge on any atom is -0.491 e. The second-order valence-electron chi connectivity index (χ2n) is 6.57. The van der Waals surface area contributed by atoms with Crippen molar-refractivity contribution in [3.05, 3.63) is 18.2 Å². The summed E-state index contributed by atoms with van der Waals surface area (Å²) in [6.45, 7) is 8.54. The maximum atomic E-state index is 5.95. The van der Waals surface area contributed by atoms with Crippen molar-refractivity contribution < 1.29 is 4.74 Å². The molecule has 4 nitrogen and oxygen atoms in total. The van der Waals surface area contributed by atoms with Gasteiger partial charge in [-0.15, -0.1) is 0 Å². The van der Waals surface area contributed by atoms with Crippen molar-refractivity contribution in [1.29, 1.82) is 0 Å². The number of nitrogens with two attached hydrogens (primary N) is 1. The highest BCUT2D eigenvalue weighted by molar-refractivity contribution is 5.61. The van der Waals surface area contributed by atoms with Crippen molar-refractivity contribution in [2.45, 2.75) is 33.1 Å². The van der Waals surface area contributed by atoms with Crippen LogP contribution in [0.15, 0.2) is 18.2 Å². The lowest BCUT2D eigenvalue weighted by molar-refractivity contribution is 0.150. The molecule has 0 unspecified atom stereocenters. The summed E-state index contributed by atoms with van der Waals surface area (Å²) in [6, 6.07) is 5.97. The number of hydrogen-bond donors (Lipinski definition) is 2. The van der Waals surface area contributed by atoms with Crippen LogP contribution in [0.1, 0.15) is 33.1 Å². The smallest absolute Gasteiger partial charge is 0.144 e. The van der Waals surface area contributed by atoms with Crippen LogP contribution in [0.3, 0.4) is 0 Å². The van der Waals surface area contributed by atoms with Gasteiger partial charge in [0.1, 0.15) is 5.75 Å². The van der Waals surface area contributed by atoms with E-state index in [0.29, 0.717) is 17.7 Å². The first-order chi connectivity index (χ1) is 10.0. The van der Waals surface area contributed by atoms with Gasteiger partial charge in [-0.2, -0.15) is 0 Å². The van der Waals surface area contributed by atoms with Gasteiger partial charge in [-0.3, -0.25) is 0 Å². The molecule has 1 aromatic rings. The van der Waals surface area contributed by atoms with Gasteiger partial charge >= 0.3 is 0 Å². The fraction of sp³-hybridized carbons (Fsp3) is 0.647. The van der Waals surface area contributed by atoms with E-state index in [-0.39, 0.29) is 0 Å². The predicted molar refractivity (Wildman–Crippen MR) is 90.0 cm³/mol. The SMILES string of the molecule is CCCOc1cc(NCC2(C)CCN(C)CC2)ccc1N. The molecule has 2 rings (SSSR count). The third kappa shape index (κ3) is 4.53. The van der Waals surface area contributed by atoms with E-state index in [9.17, 15) is 0 Å². The Morgan fingerprint density at radius 3 is 2.71 bits per heavy atom. The molecule has 0 radical (unpaired) electrons. The maximum absolute atomic E-state index is 5.95. The molecular formula is C17H29N3O. The molecule has 21 heavy (non-hydrogen) atoms. The van der Waals surface area contributed by atoms with Crippen molar-refractivity contribution in [1.82, 2.24) is 4.90 Å². The predicted octanol–water partition coefficient (Wildman–Crippen LogP) is 3.20. The summed E-state index contributed by atoms with van der Waals surface area (Å²) in [5.74, 6) is 0.787. The highest BCUT2D eigenvalue weighted by Gasteiger charge is 2.28. The average molecular weight is 291 g/mol. The Bertz CT molecular complexity index is 453. The molecule has 0 spiro atoms. The standard InChI is InChI=1S/C17H29N3O/c1-4-11-21-16-12-14(5-6-15(16)18)19-13-17(2)7-9-20(3)10-8-17/h5-6,12,19H,4,7-11,13,18H2,1-3H3. The number of nitrogen functional groups attached to an aromatic ring is 1. The summed E-state index contributed by atoms with van der Waals surface area (Å²) in [5.41, 5.74) is 8.13. The lowest BCUT2D eigenvalue weighted by atomic mass is 9.80. The first-order valence-electron chi connectivity index (χ1n) is 7.97. The normalized spacial score (nSPS) is 18.4. The second-order valence-corrected chi connectivity index (χ2v) is 6.57. The van der Waals surface area contributed by atoms with Crippen molar-refractivity contribution in [3.63, 3.8) is 0 Å². The number of nitrogens with zero attached hydrogens (tertiary/aromatic N) is 1. The van der Waals surface area contributed by atoms with E-state index < -0.39 is 0 Å². The third-order valence-corrected chi connectivity index (χ3v) is 4.39. The minimum absolute atomic E-state index is 0.373. The molecule has 0 saturated carbocycles. The van der Waals surface area contributed by atoms with Crippen LogP contribution in [-0.4, -0.2) is 38.2 Å². The van der Waals surface area contributed by atoms with E-state index in [4.69, 9.17) is 10.5 Å². The molecule has 1 aliphatic rings. The molecule has 1 saturated heterocycles. The molecule has 1 fully saturated rings. The summed E-state index contributed by atoms with van der Waals surface area (Å²) >= 11 is 0. The highest BCUT2D eigenvalue weighted by Crippen LogP contribution is 2.32. The first kappa shape index (κ1) is 16.0. The van der Waals surface area contributed by atoms with Gasteiger partial charge in [-0.05, 0) is 56.9 Å². The van der Waals surface area contributed by atoms with Gasteiger partial charge in [0.05, 0.1) is 12.3 Å². The lowest BCUT2D eigenvalue weighted by Gasteiger charge is -2.38. The highest BCUT2D eigenvalue weighted by atomic mass is 16.5. The summed E-state index contributed by atoms with van der Waals surface area (Å²) in [6.07, 6.45) is 3.47. The van der Waals surface area contributed by atoms with Gasteiger partial charge in [0.25, 0.3) is 0 Å². The van der Waals surface area contributed by atoms with Crippen LogP contribution < -0.4 is 15.8 Å². The van der Waals surface area contributed by atoms with Crippen molar-refractivity contribution in [2.75, 3.05) is 44.3 Å². The van der Waals surface area contributed by atoms with Gasteiger partial charge in [-0.1, -0.05) is 13.8 Å². The van der Waals surface area contributed by atoms with Crippen LogP contribution in [0.4, 0.5) is 11.4 Å². The zero-order valence-electron chi connectivity index (χ0n) is 13.6. The molecular weight excluding hydrogens is 262 g/mol. The fourth-order valence-electron chi connectivity index (χ4n) is 2.63. The van der Waals surface area contributed by atoms with E-state index >= 15 is 0 Å². The van der Waals surface area contributed by atoms with Gasteiger partial charge in [0.2, 0.25) is 0 Å². The number of piperidine rings is 1. The van der Waals surface area contributed by atoms with Crippen LogP contribution >= 0.6 is 0 Å². The van der Waals surface area contributed by atoms with Crippen LogP contribution in [0.5, 0.6) is 5.75 Å². The molecule has 118 valence electrons. The van der Waals surface area contributed by atoms with Gasteiger partial charge in [0.15, 0.2) is 0 Å². The number of benzene rings is 1. The fourth-order valence-corrected chi connectivity index (χ4v) is 2.63. The van der Waals surface area contributed by atoms with Gasteiger partial charge in [-0.25, -0.2) is 0 Å². The largest absolute Gasteiger partial charge is 0.491 e. The molecule has 0 atom stereocenters. The number of anilines is 2. The van der Waals surface area contributed by atoms with Crippen LogP contribution in [0.2, 0.25) is 0 Å². The summed E-state index contributed by atoms with van der Waals surface area (Å²) in [7, 11) is 2.20. The molecule has 0 amide bonds. The Morgan fingerprint density at radius 2 is 2.05 bits per heavy atom.